The second-order valence-electron chi connectivity index (χ2n) is 4.34. The van der Waals surface area contributed by atoms with E-state index < -0.39 is 0 Å². The van der Waals surface area contributed by atoms with E-state index in [0.29, 0.717) is 18.4 Å². The van der Waals surface area contributed by atoms with Crippen molar-refractivity contribution in [2.75, 3.05) is 19.0 Å². The van der Waals surface area contributed by atoms with Gasteiger partial charge < -0.3 is 14.8 Å². The van der Waals surface area contributed by atoms with Crippen LogP contribution >= 0.6 is 0 Å². The Morgan fingerprint density at radius 3 is 2.59 bits per heavy atom. The zero-order valence-corrected chi connectivity index (χ0v) is 11.2. The van der Waals surface area contributed by atoms with Gasteiger partial charge in [-0.1, -0.05) is 0 Å². The van der Waals surface area contributed by atoms with Gasteiger partial charge in [-0.25, -0.2) is 4.98 Å². The molecule has 0 aliphatic heterocycles. The molecule has 0 fully saturated rings. The van der Waals surface area contributed by atoms with Gasteiger partial charge in [-0.3, -0.25) is 0 Å². The fourth-order valence-electron chi connectivity index (χ4n) is 1.42. The third-order valence-electron chi connectivity index (χ3n) is 1.98. The molecule has 5 heteroatoms. The number of ether oxygens (including phenoxy) is 2. The van der Waals surface area contributed by atoms with Gasteiger partial charge in [0.1, 0.15) is 0 Å². The van der Waals surface area contributed by atoms with Gasteiger partial charge in [-0.2, -0.15) is 4.98 Å². The summed E-state index contributed by atoms with van der Waals surface area (Å²) in [6.07, 6.45) is 0.105. The quantitative estimate of drug-likeness (QED) is 0.823. The molecule has 0 aromatic carbocycles. The maximum absolute atomic E-state index is 5.55. The molecular formula is C12H21N3O2. The van der Waals surface area contributed by atoms with Crippen LogP contribution in [0.1, 0.15) is 26.5 Å². The predicted octanol–water partition coefficient (Wildman–Crippen LogP) is 2.02. The Bertz CT molecular complexity index is 356. The highest BCUT2D eigenvalue weighted by atomic mass is 16.5. The topological polar surface area (TPSA) is 56.3 Å². The molecule has 0 aliphatic rings. The van der Waals surface area contributed by atoms with Gasteiger partial charge in [0.2, 0.25) is 11.8 Å². The number of aryl methyl sites for hydroxylation is 1. The Kier molecular flexibility index (Phi) is 5.15. The first kappa shape index (κ1) is 13.7. The standard InChI is InChI=1S/C12H21N3O2/c1-8(2)17-11-6-9(3)13-12(15-11)14-10(4)7-16-5/h6,8,10H,7H2,1-5H3,(H,13,14,15). The number of anilines is 1. The van der Waals surface area contributed by atoms with Gasteiger partial charge >= 0.3 is 0 Å². The van der Waals surface area contributed by atoms with Crippen molar-refractivity contribution in [2.24, 2.45) is 0 Å². The largest absolute Gasteiger partial charge is 0.475 e. The van der Waals surface area contributed by atoms with E-state index in [2.05, 4.69) is 15.3 Å². The lowest BCUT2D eigenvalue weighted by Gasteiger charge is -2.15. The van der Waals surface area contributed by atoms with Crippen molar-refractivity contribution >= 4 is 5.95 Å². The normalized spacial score (nSPS) is 12.6. The average molecular weight is 239 g/mol. The van der Waals surface area contributed by atoms with Crippen molar-refractivity contribution < 1.29 is 9.47 Å². The molecule has 1 rings (SSSR count). The summed E-state index contributed by atoms with van der Waals surface area (Å²) < 4.78 is 10.6. The average Bonchev–Trinajstić information content (AvgIpc) is 2.14. The van der Waals surface area contributed by atoms with Crippen LogP contribution in [0.3, 0.4) is 0 Å². The van der Waals surface area contributed by atoms with E-state index >= 15 is 0 Å². The molecule has 1 atom stereocenters. The minimum absolute atomic E-state index is 0.105. The predicted molar refractivity (Wildman–Crippen MR) is 67.5 cm³/mol. The van der Waals surface area contributed by atoms with Gasteiger partial charge in [0.25, 0.3) is 0 Å². The number of nitrogens with zero attached hydrogens (tertiary/aromatic N) is 2. The number of nitrogens with one attached hydrogen (secondary N) is 1. The summed E-state index contributed by atoms with van der Waals surface area (Å²) in [6, 6.07) is 1.99. The molecule has 5 nitrogen and oxygen atoms in total. The molecule has 0 aliphatic carbocycles. The van der Waals surface area contributed by atoms with E-state index in [1.807, 2.05) is 33.8 Å². The summed E-state index contributed by atoms with van der Waals surface area (Å²) >= 11 is 0. The maximum Gasteiger partial charge on any atom is 0.226 e. The summed E-state index contributed by atoms with van der Waals surface area (Å²) in [6.45, 7) is 8.48. The molecule has 0 amide bonds. The van der Waals surface area contributed by atoms with Crippen LogP contribution in [0.5, 0.6) is 5.88 Å². The molecule has 96 valence electrons. The van der Waals surface area contributed by atoms with Crippen LogP contribution in [0.2, 0.25) is 0 Å². The third-order valence-corrected chi connectivity index (χ3v) is 1.98. The highest BCUT2D eigenvalue weighted by Crippen LogP contribution is 2.14. The second-order valence-corrected chi connectivity index (χ2v) is 4.34. The van der Waals surface area contributed by atoms with E-state index in [-0.39, 0.29) is 12.1 Å². The summed E-state index contributed by atoms with van der Waals surface area (Å²) in [5.41, 5.74) is 0.878. The molecule has 0 radical (unpaired) electrons. The van der Waals surface area contributed by atoms with Crippen LogP contribution in [0.15, 0.2) is 6.07 Å². The smallest absolute Gasteiger partial charge is 0.226 e. The molecular weight excluding hydrogens is 218 g/mol. The van der Waals surface area contributed by atoms with Crippen molar-refractivity contribution in [3.05, 3.63) is 11.8 Å². The van der Waals surface area contributed by atoms with Crippen molar-refractivity contribution in [1.29, 1.82) is 0 Å². The molecule has 1 N–H and O–H groups in total. The second kappa shape index (κ2) is 6.39. The zero-order chi connectivity index (χ0) is 12.8. The van der Waals surface area contributed by atoms with Crippen molar-refractivity contribution in [3.63, 3.8) is 0 Å². The SMILES string of the molecule is COCC(C)Nc1nc(C)cc(OC(C)C)n1. The number of hydrogen-bond donors (Lipinski definition) is 1. The van der Waals surface area contributed by atoms with Crippen LogP contribution in [-0.4, -0.2) is 35.8 Å². The molecule has 17 heavy (non-hydrogen) atoms. The van der Waals surface area contributed by atoms with Crippen LogP contribution in [0.25, 0.3) is 0 Å². The Morgan fingerprint density at radius 2 is 2.00 bits per heavy atom. The number of rotatable bonds is 6. The number of methoxy groups -OCH3 is 1. The number of hydrogen-bond acceptors (Lipinski definition) is 5. The minimum atomic E-state index is 0.105. The minimum Gasteiger partial charge on any atom is -0.475 e. The molecule has 1 unspecified atom stereocenters. The lowest BCUT2D eigenvalue weighted by Crippen LogP contribution is -2.22. The van der Waals surface area contributed by atoms with Gasteiger partial charge in [-0.15, -0.1) is 0 Å². The fourth-order valence-corrected chi connectivity index (χ4v) is 1.42. The van der Waals surface area contributed by atoms with Crippen LogP contribution < -0.4 is 10.1 Å². The van der Waals surface area contributed by atoms with Crippen LogP contribution in [0.4, 0.5) is 5.95 Å². The van der Waals surface area contributed by atoms with E-state index in [0.717, 1.165) is 5.69 Å². The lowest BCUT2D eigenvalue weighted by molar-refractivity contribution is 0.190. The maximum atomic E-state index is 5.55. The zero-order valence-electron chi connectivity index (χ0n) is 11.2. The van der Waals surface area contributed by atoms with Gasteiger partial charge in [0.15, 0.2) is 0 Å². The molecule has 0 saturated heterocycles. The first-order chi connectivity index (χ1) is 8.01. The molecule has 0 saturated carbocycles. The van der Waals surface area contributed by atoms with Crippen molar-refractivity contribution in [3.8, 4) is 5.88 Å². The van der Waals surface area contributed by atoms with Gasteiger partial charge in [0.05, 0.1) is 12.7 Å². The van der Waals surface area contributed by atoms with E-state index in [9.17, 15) is 0 Å². The lowest BCUT2D eigenvalue weighted by atomic mass is 10.3. The van der Waals surface area contributed by atoms with Crippen molar-refractivity contribution in [1.82, 2.24) is 9.97 Å². The first-order valence-electron chi connectivity index (χ1n) is 5.79. The fraction of sp³-hybridized carbons (Fsp3) is 0.667. The number of aromatic nitrogens is 2. The highest BCUT2D eigenvalue weighted by molar-refractivity contribution is 5.31. The molecule has 0 spiro atoms. The Labute approximate surface area is 103 Å². The summed E-state index contributed by atoms with van der Waals surface area (Å²) in [4.78, 5) is 8.60. The van der Waals surface area contributed by atoms with Gasteiger partial charge in [-0.05, 0) is 27.7 Å². The monoisotopic (exact) mass is 239 g/mol. The van der Waals surface area contributed by atoms with E-state index in [1.165, 1.54) is 0 Å². The van der Waals surface area contributed by atoms with Gasteiger partial charge in [0, 0.05) is 24.9 Å². The molecule has 0 bridgehead atoms. The third kappa shape index (κ3) is 4.99. The summed E-state index contributed by atoms with van der Waals surface area (Å²) in [5, 5.41) is 3.17. The summed E-state index contributed by atoms with van der Waals surface area (Å²) in [5.74, 6) is 1.17. The Hall–Kier alpha value is -1.36. The van der Waals surface area contributed by atoms with E-state index in [4.69, 9.17) is 9.47 Å². The Balaban J connectivity index is 2.74. The molecule has 1 aromatic heterocycles. The Morgan fingerprint density at radius 1 is 1.29 bits per heavy atom. The van der Waals surface area contributed by atoms with Crippen LogP contribution in [-0.2, 0) is 4.74 Å². The highest BCUT2D eigenvalue weighted by Gasteiger charge is 2.07. The molecule has 1 heterocycles. The van der Waals surface area contributed by atoms with Crippen molar-refractivity contribution in [2.45, 2.75) is 39.8 Å². The van der Waals surface area contributed by atoms with E-state index in [1.54, 1.807) is 7.11 Å². The molecule has 1 aromatic rings. The van der Waals surface area contributed by atoms with Crippen LogP contribution in [0, 0.1) is 6.92 Å². The summed E-state index contributed by atoms with van der Waals surface area (Å²) in [7, 11) is 1.67. The first-order valence-corrected chi connectivity index (χ1v) is 5.79.